The maximum Gasteiger partial charge on any atom is 0.222 e. The summed E-state index contributed by atoms with van der Waals surface area (Å²) in [5.41, 5.74) is 2.19. The molecule has 2 aromatic rings. The largest absolute Gasteiger partial charge is 0.361 e. The number of carbonyl (C=O) groups excluding carboxylic acids is 1. The van der Waals surface area contributed by atoms with Crippen molar-refractivity contribution in [2.45, 2.75) is 45.3 Å². The number of aryl methyl sites for hydroxylation is 1. The van der Waals surface area contributed by atoms with Crippen molar-refractivity contribution in [3.8, 4) is 0 Å². The first kappa shape index (κ1) is 15.4. The zero-order chi connectivity index (χ0) is 16.5. The van der Waals surface area contributed by atoms with Crippen LogP contribution in [-0.2, 0) is 17.9 Å². The minimum Gasteiger partial charge on any atom is -0.361 e. The Balaban J connectivity index is 1.43. The zero-order valence-corrected chi connectivity index (χ0v) is 14.0. The molecule has 4 heterocycles. The van der Waals surface area contributed by atoms with Crippen LogP contribution in [0, 0.1) is 6.92 Å². The highest BCUT2D eigenvalue weighted by Crippen LogP contribution is 2.25. The van der Waals surface area contributed by atoms with Crippen molar-refractivity contribution in [2.24, 2.45) is 0 Å². The molecule has 0 saturated carbocycles. The van der Waals surface area contributed by atoms with Crippen LogP contribution in [0.5, 0.6) is 0 Å². The molecule has 1 unspecified atom stereocenters. The van der Waals surface area contributed by atoms with Crippen LogP contribution in [0.15, 0.2) is 22.9 Å². The fourth-order valence-electron chi connectivity index (χ4n) is 3.77. The SMILES string of the molecule is Cc1cc(CN2Cc3ccnn3C(CCN3CCCC3=O)C2)no1. The summed E-state index contributed by atoms with van der Waals surface area (Å²) in [6.45, 7) is 6.20. The molecule has 1 atom stereocenters. The normalized spacial score (nSPS) is 21.5. The molecule has 1 amide bonds. The summed E-state index contributed by atoms with van der Waals surface area (Å²) >= 11 is 0. The molecule has 7 heteroatoms. The Morgan fingerprint density at radius 2 is 2.33 bits per heavy atom. The van der Waals surface area contributed by atoms with Gasteiger partial charge in [-0.1, -0.05) is 5.16 Å². The first-order valence-corrected chi connectivity index (χ1v) is 8.64. The van der Waals surface area contributed by atoms with Crippen molar-refractivity contribution in [2.75, 3.05) is 19.6 Å². The minimum atomic E-state index is 0.293. The van der Waals surface area contributed by atoms with Gasteiger partial charge in [0.2, 0.25) is 5.91 Å². The van der Waals surface area contributed by atoms with Crippen LogP contribution in [-0.4, -0.2) is 50.3 Å². The van der Waals surface area contributed by atoms with Crippen LogP contribution in [0.4, 0.5) is 0 Å². The zero-order valence-electron chi connectivity index (χ0n) is 14.0. The number of nitrogens with zero attached hydrogens (tertiary/aromatic N) is 5. The summed E-state index contributed by atoms with van der Waals surface area (Å²) in [5, 5.41) is 8.61. The van der Waals surface area contributed by atoms with E-state index in [0.717, 1.165) is 57.0 Å². The van der Waals surface area contributed by atoms with Crippen LogP contribution in [0.2, 0.25) is 0 Å². The van der Waals surface area contributed by atoms with Crippen LogP contribution >= 0.6 is 0 Å². The summed E-state index contributed by atoms with van der Waals surface area (Å²) in [6, 6.07) is 4.36. The highest BCUT2D eigenvalue weighted by Gasteiger charge is 2.28. The standard InChI is InChI=1S/C17H23N5O2/c1-13-9-14(19-24-13)10-20-11-15-4-6-18-22(15)16(12-20)5-8-21-7-2-3-17(21)23/h4,6,9,16H,2-3,5,7-8,10-12H2,1H3. The summed E-state index contributed by atoms with van der Waals surface area (Å²) in [6.07, 6.45) is 4.51. The van der Waals surface area contributed by atoms with Gasteiger partial charge in [-0.25, -0.2) is 0 Å². The minimum absolute atomic E-state index is 0.293. The molecular formula is C17H23N5O2. The van der Waals surface area contributed by atoms with Crippen LogP contribution in [0.3, 0.4) is 0 Å². The Morgan fingerprint density at radius 3 is 3.08 bits per heavy atom. The average molecular weight is 329 g/mol. The molecule has 24 heavy (non-hydrogen) atoms. The van der Waals surface area contributed by atoms with E-state index in [0.29, 0.717) is 18.4 Å². The van der Waals surface area contributed by atoms with E-state index in [9.17, 15) is 4.79 Å². The number of fused-ring (bicyclic) bond motifs is 1. The molecule has 128 valence electrons. The van der Waals surface area contributed by atoms with E-state index in [2.05, 4.69) is 25.9 Å². The van der Waals surface area contributed by atoms with Crippen LogP contribution < -0.4 is 0 Å². The number of rotatable bonds is 5. The molecule has 0 spiro atoms. The third-order valence-corrected chi connectivity index (χ3v) is 4.92. The van der Waals surface area contributed by atoms with Gasteiger partial charge in [0.05, 0.1) is 17.4 Å². The number of hydrogen-bond donors (Lipinski definition) is 0. The lowest BCUT2D eigenvalue weighted by Gasteiger charge is -2.34. The fourth-order valence-corrected chi connectivity index (χ4v) is 3.77. The molecule has 1 saturated heterocycles. The van der Waals surface area contributed by atoms with Gasteiger partial charge in [-0.2, -0.15) is 5.10 Å². The molecule has 0 bridgehead atoms. The van der Waals surface area contributed by atoms with Gasteiger partial charge in [-0.3, -0.25) is 14.4 Å². The third-order valence-electron chi connectivity index (χ3n) is 4.92. The predicted octanol–water partition coefficient (Wildman–Crippen LogP) is 1.75. The molecule has 2 aliphatic rings. The van der Waals surface area contributed by atoms with Crippen LogP contribution in [0.1, 0.15) is 42.5 Å². The summed E-state index contributed by atoms with van der Waals surface area (Å²) < 4.78 is 7.31. The predicted molar refractivity (Wildman–Crippen MR) is 87.0 cm³/mol. The molecule has 4 rings (SSSR count). The number of carbonyl (C=O) groups is 1. The molecule has 2 aromatic heterocycles. The molecule has 2 aliphatic heterocycles. The van der Waals surface area contributed by atoms with E-state index in [4.69, 9.17) is 4.52 Å². The summed E-state index contributed by atoms with van der Waals surface area (Å²) in [7, 11) is 0. The monoisotopic (exact) mass is 329 g/mol. The van der Waals surface area contributed by atoms with E-state index in [1.165, 1.54) is 5.69 Å². The lowest BCUT2D eigenvalue weighted by molar-refractivity contribution is -0.127. The van der Waals surface area contributed by atoms with E-state index in [-0.39, 0.29) is 0 Å². The molecule has 7 nitrogen and oxygen atoms in total. The Bertz CT molecular complexity index is 722. The first-order chi connectivity index (χ1) is 11.7. The van der Waals surface area contributed by atoms with E-state index in [1.807, 2.05) is 24.1 Å². The number of amides is 1. The molecular weight excluding hydrogens is 306 g/mol. The lowest BCUT2D eigenvalue weighted by atomic mass is 10.1. The highest BCUT2D eigenvalue weighted by atomic mass is 16.5. The van der Waals surface area contributed by atoms with Gasteiger partial charge in [-0.15, -0.1) is 0 Å². The maximum absolute atomic E-state index is 11.8. The lowest BCUT2D eigenvalue weighted by Crippen LogP contribution is -2.39. The second-order valence-electron chi connectivity index (χ2n) is 6.79. The van der Waals surface area contributed by atoms with Gasteiger partial charge >= 0.3 is 0 Å². The fraction of sp³-hybridized carbons (Fsp3) is 0.588. The topological polar surface area (TPSA) is 67.4 Å². The Labute approximate surface area is 141 Å². The number of hydrogen-bond acceptors (Lipinski definition) is 5. The molecule has 0 N–H and O–H groups in total. The van der Waals surface area contributed by atoms with Crippen LogP contribution in [0.25, 0.3) is 0 Å². The van der Waals surface area contributed by atoms with Crippen molar-refractivity contribution >= 4 is 5.91 Å². The third kappa shape index (κ3) is 3.08. The summed E-state index contributed by atoms with van der Waals surface area (Å²) in [4.78, 5) is 16.2. The Kier molecular flexibility index (Phi) is 4.10. The molecule has 0 aliphatic carbocycles. The maximum atomic E-state index is 11.8. The smallest absolute Gasteiger partial charge is 0.222 e. The van der Waals surface area contributed by atoms with E-state index < -0.39 is 0 Å². The van der Waals surface area contributed by atoms with Crippen molar-refractivity contribution < 1.29 is 9.32 Å². The van der Waals surface area contributed by atoms with Crippen molar-refractivity contribution in [3.63, 3.8) is 0 Å². The number of likely N-dealkylation sites (tertiary alicyclic amines) is 1. The van der Waals surface area contributed by atoms with Crippen molar-refractivity contribution in [1.29, 1.82) is 0 Å². The van der Waals surface area contributed by atoms with Gasteiger partial charge in [0.15, 0.2) is 0 Å². The van der Waals surface area contributed by atoms with E-state index in [1.54, 1.807) is 0 Å². The van der Waals surface area contributed by atoms with Crippen molar-refractivity contribution in [1.82, 2.24) is 24.7 Å². The van der Waals surface area contributed by atoms with Gasteiger partial charge in [0.1, 0.15) is 5.76 Å². The van der Waals surface area contributed by atoms with Gasteiger partial charge < -0.3 is 9.42 Å². The van der Waals surface area contributed by atoms with Crippen molar-refractivity contribution in [3.05, 3.63) is 35.5 Å². The second kappa shape index (κ2) is 6.39. The molecule has 0 radical (unpaired) electrons. The Hall–Kier alpha value is -2.15. The number of aromatic nitrogens is 3. The van der Waals surface area contributed by atoms with E-state index >= 15 is 0 Å². The van der Waals surface area contributed by atoms with Gasteiger partial charge in [-0.05, 0) is 25.8 Å². The second-order valence-corrected chi connectivity index (χ2v) is 6.79. The molecule has 1 fully saturated rings. The Morgan fingerprint density at radius 1 is 1.42 bits per heavy atom. The molecule has 0 aromatic carbocycles. The summed E-state index contributed by atoms with van der Waals surface area (Å²) in [5.74, 6) is 1.14. The average Bonchev–Trinajstić information content (AvgIpc) is 3.27. The highest BCUT2D eigenvalue weighted by molar-refractivity contribution is 5.77. The van der Waals surface area contributed by atoms with Gasteiger partial charge in [0.25, 0.3) is 0 Å². The first-order valence-electron chi connectivity index (χ1n) is 8.64. The van der Waals surface area contributed by atoms with Gasteiger partial charge in [0, 0.05) is 51.4 Å². The quantitative estimate of drug-likeness (QED) is 0.836.